The van der Waals surface area contributed by atoms with Crippen LogP contribution in [0.4, 0.5) is 13.2 Å². The van der Waals surface area contributed by atoms with Crippen molar-refractivity contribution >= 4 is 16.1 Å². The zero-order valence-electron chi connectivity index (χ0n) is 6.08. The Morgan fingerprint density at radius 1 is 1.38 bits per heavy atom. The third-order valence-electron chi connectivity index (χ3n) is 0.613. The molecule has 0 heterocycles. The van der Waals surface area contributed by atoms with E-state index in [0.717, 1.165) is 12.6 Å². The second-order valence-electron chi connectivity index (χ2n) is 1.66. The molecule has 13 heavy (non-hydrogen) atoms. The van der Waals surface area contributed by atoms with Gasteiger partial charge in [0.15, 0.2) is 0 Å². The first kappa shape index (κ1) is 12.1. The summed E-state index contributed by atoms with van der Waals surface area (Å²) in [6.45, 7) is 0.830. The molecule has 0 aliphatic heterocycles. The van der Waals surface area contributed by atoms with E-state index < -0.39 is 21.6 Å². The molecule has 0 radical (unpaired) electrons. The van der Waals surface area contributed by atoms with E-state index in [2.05, 4.69) is 9.12 Å². The Balaban J connectivity index is 4.15. The highest BCUT2D eigenvalue weighted by Crippen LogP contribution is 2.23. The van der Waals surface area contributed by atoms with Crippen molar-refractivity contribution in [3.63, 3.8) is 0 Å². The van der Waals surface area contributed by atoms with E-state index in [4.69, 9.17) is 0 Å². The minimum Gasteiger partial charge on any atom is -0.345 e. The van der Waals surface area contributed by atoms with Gasteiger partial charge in [0.1, 0.15) is 0 Å². The van der Waals surface area contributed by atoms with Crippen LogP contribution < -0.4 is 5.64 Å². The van der Waals surface area contributed by atoms with Crippen molar-refractivity contribution in [2.24, 2.45) is 0 Å². The lowest BCUT2D eigenvalue weighted by molar-refractivity contribution is -0.170. The van der Waals surface area contributed by atoms with Crippen molar-refractivity contribution in [1.82, 2.24) is 5.64 Å². The van der Waals surface area contributed by atoms with Gasteiger partial charge in [0, 0.05) is 6.92 Å². The first-order valence-corrected chi connectivity index (χ1v) is 4.00. The predicted molar refractivity (Wildman–Crippen MR) is 31.0 cm³/mol. The van der Waals surface area contributed by atoms with Crippen LogP contribution in [0.5, 0.6) is 0 Å². The van der Waals surface area contributed by atoms with Gasteiger partial charge in [0.05, 0.1) is 0 Å². The van der Waals surface area contributed by atoms with Crippen molar-refractivity contribution in [2.75, 3.05) is 0 Å². The molecule has 10 heteroatoms. The lowest BCUT2D eigenvalue weighted by Gasteiger charge is -2.06. The third kappa shape index (κ3) is 4.05. The van der Waals surface area contributed by atoms with Crippen LogP contribution in [-0.2, 0) is 24.0 Å². The Morgan fingerprint density at radius 3 is 2.15 bits per heavy atom. The van der Waals surface area contributed by atoms with Crippen molar-refractivity contribution in [1.29, 1.82) is 0 Å². The molecule has 1 N–H and O–H groups in total. The summed E-state index contributed by atoms with van der Waals surface area (Å²) in [5.41, 5.74) is -4.70. The van der Waals surface area contributed by atoms with Crippen molar-refractivity contribution in [3.05, 3.63) is 0 Å². The molecule has 0 unspecified atom stereocenters. The minimum atomic E-state index is -5.78. The molecule has 0 spiro atoms. The molecule has 0 bridgehead atoms. The maximum Gasteiger partial charge on any atom is 0.524 e. The lowest BCUT2D eigenvalue weighted by Crippen LogP contribution is -2.32. The molecule has 0 rings (SSSR count). The molecule has 0 saturated heterocycles. The lowest BCUT2D eigenvalue weighted by atomic mass is 10.8. The van der Waals surface area contributed by atoms with Gasteiger partial charge >= 0.3 is 21.6 Å². The summed E-state index contributed by atoms with van der Waals surface area (Å²) in [4.78, 5) is 13.5. The van der Waals surface area contributed by atoms with Gasteiger partial charge in [-0.3, -0.25) is 4.79 Å². The number of alkyl halides is 3. The van der Waals surface area contributed by atoms with Crippen LogP contribution in [-0.4, -0.2) is 19.9 Å². The summed E-state index contributed by atoms with van der Waals surface area (Å²) >= 11 is 0. The van der Waals surface area contributed by atoms with Crippen molar-refractivity contribution in [3.8, 4) is 0 Å². The molecule has 6 nitrogen and oxygen atoms in total. The van der Waals surface area contributed by atoms with Crippen LogP contribution in [0.2, 0.25) is 0 Å². The van der Waals surface area contributed by atoms with E-state index in [9.17, 15) is 26.4 Å². The molecular weight excluding hydrogens is 219 g/mol. The smallest absolute Gasteiger partial charge is 0.345 e. The van der Waals surface area contributed by atoms with Crippen LogP contribution in [0.3, 0.4) is 0 Å². The van der Waals surface area contributed by atoms with E-state index in [1.54, 1.807) is 0 Å². The van der Waals surface area contributed by atoms with Gasteiger partial charge in [-0.05, 0) is 5.64 Å². The van der Waals surface area contributed by atoms with Crippen molar-refractivity contribution in [2.45, 2.75) is 12.4 Å². The molecule has 0 fully saturated rings. The van der Waals surface area contributed by atoms with E-state index in [0.29, 0.717) is 0 Å². The molecule has 0 aliphatic carbocycles. The Bertz CT molecular complexity index is 282. The minimum absolute atomic E-state index is 0.830. The summed E-state index contributed by atoms with van der Waals surface area (Å²) in [5.74, 6) is -1.06. The molecule has 0 aromatic rings. The molecule has 0 aliphatic rings. The van der Waals surface area contributed by atoms with Crippen LogP contribution in [0, 0.1) is 0 Å². The average molecular weight is 223 g/mol. The fraction of sp³-hybridized carbons (Fsp3) is 0.667. The normalized spacial score (nSPS) is 12.6. The van der Waals surface area contributed by atoms with E-state index in [-0.39, 0.29) is 0 Å². The summed E-state index contributed by atoms with van der Waals surface area (Å²) in [5, 5.41) is 0. The Kier molecular flexibility index (Phi) is 3.63. The highest BCUT2D eigenvalue weighted by atomic mass is 32.2. The summed E-state index contributed by atoms with van der Waals surface area (Å²) in [6.07, 6.45) is 0. The van der Waals surface area contributed by atoms with Crippen LogP contribution >= 0.6 is 0 Å². The zero-order valence-corrected chi connectivity index (χ0v) is 6.90. The van der Waals surface area contributed by atoms with Crippen molar-refractivity contribution < 1.29 is 35.5 Å². The molecule has 0 aromatic carbocycles. The number of rotatable bonds is 3. The maximum absolute atomic E-state index is 11.5. The maximum atomic E-state index is 11.5. The van der Waals surface area contributed by atoms with Gasteiger partial charge in [0.25, 0.3) is 0 Å². The second kappa shape index (κ2) is 3.89. The van der Waals surface area contributed by atoms with Gasteiger partial charge < -0.3 is 4.84 Å². The number of hydrogen-bond acceptors (Lipinski definition) is 6. The zero-order chi connectivity index (χ0) is 10.7. The van der Waals surface area contributed by atoms with Gasteiger partial charge in [0.2, 0.25) is 0 Å². The Labute approximate surface area is 70.6 Å². The van der Waals surface area contributed by atoms with Gasteiger partial charge in [-0.15, -0.1) is 4.28 Å². The highest BCUT2D eigenvalue weighted by molar-refractivity contribution is 7.87. The van der Waals surface area contributed by atoms with E-state index >= 15 is 0 Å². The summed E-state index contributed by atoms with van der Waals surface area (Å²) in [7, 11) is -5.78. The summed E-state index contributed by atoms with van der Waals surface area (Å²) < 4.78 is 57.5. The SMILES string of the molecule is CC(=O)ONOS(=O)(=O)C(F)(F)F. The van der Waals surface area contributed by atoms with Gasteiger partial charge in [-0.2, -0.15) is 21.6 Å². The number of carbonyl (C=O) groups excluding carboxylic acids is 1. The number of hydrogen-bond donors (Lipinski definition) is 1. The fourth-order valence-corrected chi connectivity index (χ4v) is 0.386. The molecule has 78 valence electrons. The van der Waals surface area contributed by atoms with E-state index in [1.165, 1.54) is 0 Å². The predicted octanol–water partition coefficient (Wildman–Crippen LogP) is -0.165. The topological polar surface area (TPSA) is 81.7 Å². The number of carbonyl (C=O) groups is 1. The summed E-state index contributed by atoms with van der Waals surface area (Å²) in [6, 6.07) is 0. The van der Waals surface area contributed by atoms with Crippen LogP contribution in [0.25, 0.3) is 0 Å². The molecule has 0 saturated carbocycles. The van der Waals surface area contributed by atoms with E-state index in [1.807, 2.05) is 0 Å². The average Bonchev–Trinajstić information content (AvgIpc) is 1.82. The molecule has 0 amide bonds. The Hall–Kier alpha value is -0.870. The fourth-order valence-electron chi connectivity index (χ4n) is 0.168. The first-order chi connectivity index (χ1) is 5.67. The number of nitrogens with one attached hydrogen (secondary N) is 1. The van der Waals surface area contributed by atoms with Crippen LogP contribution in [0.15, 0.2) is 0 Å². The van der Waals surface area contributed by atoms with Gasteiger partial charge in [-0.25, -0.2) is 0 Å². The van der Waals surface area contributed by atoms with Crippen LogP contribution in [0.1, 0.15) is 6.92 Å². The first-order valence-electron chi connectivity index (χ1n) is 2.59. The third-order valence-corrected chi connectivity index (χ3v) is 1.47. The molecule has 0 aromatic heterocycles. The largest absolute Gasteiger partial charge is 0.524 e. The number of halogens is 3. The monoisotopic (exact) mass is 223 g/mol. The standard InChI is InChI=1S/C3H4F3NO5S/c1-2(8)11-7-12-13(9,10)3(4,5)6/h7H,1H3. The Morgan fingerprint density at radius 2 is 1.85 bits per heavy atom. The molecule has 0 atom stereocenters. The van der Waals surface area contributed by atoms with Gasteiger partial charge in [-0.1, -0.05) is 0 Å². The second-order valence-corrected chi connectivity index (χ2v) is 3.20. The quantitative estimate of drug-likeness (QED) is 0.528. The molecular formula is C3H4F3NO5S. The highest BCUT2D eigenvalue weighted by Gasteiger charge is 2.48.